The molecule has 0 aliphatic rings. The van der Waals surface area contributed by atoms with Crippen molar-refractivity contribution >= 4 is 0 Å². The number of nitrogens with one attached hydrogen (secondary N) is 1. The van der Waals surface area contributed by atoms with E-state index < -0.39 is 0 Å². The fraction of sp³-hybridized carbons (Fsp3) is 0.538. The van der Waals surface area contributed by atoms with Crippen LogP contribution in [0.4, 0.5) is 0 Å². The minimum Gasteiger partial charge on any atom is -0.491 e. The van der Waals surface area contributed by atoms with Crippen LogP contribution in [0.25, 0.3) is 0 Å². The summed E-state index contributed by atoms with van der Waals surface area (Å²) in [5, 5.41) is 11.7. The van der Waals surface area contributed by atoms with Gasteiger partial charge in [0.2, 0.25) is 0 Å². The van der Waals surface area contributed by atoms with Gasteiger partial charge in [-0.05, 0) is 31.7 Å². The van der Waals surface area contributed by atoms with E-state index in [0.29, 0.717) is 25.9 Å². The summed E-state index contributed by atoms with van der Waals surface area (Å²) < 4.78 is 10.6. The zero-order chi connectivity index (χ0) is 12.5. The Balaban J connectivity index is 2.30. The maximum atomic E-state index is 8.52. The molecule has 4 heteroatoms. The van der Waals surface area contributed by atoms with Gasteiger partial charge in [-0.1, -0.05) is 12.1 Å². The summed E-state index contributed by atoms with van der Waals surface area (Å²) in [5.74, 6) is 0.838. The molecule has 0 saturated carbocycles. The Morgan fingerprint density at radius 3 is 2.47 bits per heavy atom. The van der Waals surface area contributed by atoms with E-state index >= 15 is 0 Å². The van der Waals surface area contributed by atoms with Crippen molar-refractivity contribution in [2.45, 2.75) is 13.0 Å². The van der Waals surface area contributed by atoms with Crippen LogP contribution in [0, 0.1) is 0 Å². The Kier molecular flexibility index (Phi) is 6.62. The standard InChI is InChI=1S/C13H21NO3/c1-11(14-2)12-3-5-13(6-4-12)17-10-9-16-8-7-15/h3-6,11,14-15H,7-10H2,1-2H3. The first-order valence-electron chi connectivity index (χ1n) is 5.86. The maximum absolute atomic E-state index is 8.52. The van der Waals surface area contributed by atoms with E-state index in [9.17, 15) is 0 Å². The van der Waals surface area contributed by atoms with Crippen LogP contribution in [0.5, 0.6) is 5.75 Å². The van der Waals surface area contributed by atoms with Crippen LogP contribution in [0.3, 0.4) is 0 Å². The molecule has 0 aliphatic carbocycles. The summed E-state index contributed by atoms with van der Waals surface area (Å²) in [7, 11) is 1.94. The molecular weight excluding hydrogens is 218 g/mol. The van der Waals surface area contributed by atoms with Crippen LogP contribution in [-0.4, -0.2) is 38.6 Å². The van der Waals surface area contributed by atoms with Crippen molar-refractivity contribution in [1.29, 1.82) is 0 Å². The molecule has 0 bridgehead atoms. The number of aliphatic hydroxyl groups excluding tert-OH is 1. The van der Waals surface area contributed by atoms with E-state index in [1.54, 1.807) is 0 Å². The van der Waals surface area contributed by atoms with Gasteiger partial charge in [0.25, 0.3) is 0 Å². The first-order valence-corrected chi connectivity index (χ1v) is 5.86. The molecule has 1 aromatic rings. The number of aliphatic hydroxyl groups is 1. The van der Waals surface area contributed by atoms with Crippen LogP contribution >= 0.6 is 0 Å². The highest BCUT2D eigenvalue weighted by Crippen LogP contribution is 2.16. The van der Waals surface area contributed by atoms with Crippen LogP contribution in [0.1, 0.15) is 18.5 Å². The summed E-state index contributed by atoms with van der Waals surface area (Å²) in [6.45, 7) is 3.52. The monoisotopic (exact) mass is 239 g/mol. The minimum absolute atomic E-state index is 0.0522. The van der Waals surface area contributed by atoms with Gasteiger partial charge in [-0.3, -0.25) is 0 Å². The van der Waals surface area contributed by atoms with E-state index in [1.807, 2.05) is 31.3 Å². The van der Waals surface area contributed by atoms with Crippen molar-refractivity contribution in [3.63, 3.8) is 0 Å². The lowest BCUT2D eigenvalue weighted by Gasteiger charge is -2.11. The molecule has 0 amide bonds. The first kappa shape index (κ1) is 14.0. The lowest BCUT2D eigenvalue weighted by Crippen LogP contribution is -2.12. The summed E-state index contributed by atoms with van der Waals surface area (Å²) >= 11 is 0. The normalized spacial score (nSPS) is 12.4. The number of rotatable bonds is 8. The van der Waals surface area contributed by atoms with Gasteiger partial charge >= 0.3 is 0 Å². The summed E-state index contributed by atoms with van der Waals surface area (Å²) in [6.07, 6.45) is 0. The molecule has 0 saturated heterocycles. The summed E-state index contributed by atoms with van der Waals surface area (Å²) in [5.41, 5.74) is 1.23. The lowest BCUT2D eigenvalue weighted by molar-refractivity contribution is 0.0705. The van der Waals surface area contributed by atoms with Gasteiger partial charge < -0.3 is 19.9 Å². The van der Waals surface area contributed by atoms with E-state index in [4.69, 9.17) is 14.6 Å². The van der Waals surface area contributed by atoms with Crippen molar-refractivity contribution in [2.24, 2.45) is 0 Å². The van der Waals surface area contributed by atoms with Crippen molar-refractivity contribution in [1.82, 2.24) is 5.32 Å². The molecule has 2 N–H and O–H groups in total. The van der Waals surface area contributed by atoms with Gasteiger partial charge in [0.1, 0.15) is 12.4 Å². The third kappa shape index (κ3) is 5.17. The Labute approximate surface area is 103 Å². The molecule has 1 rings (SSSR count). The summed E-state index contributed by atoms with van der Waals surface area (Å²) in [4.78, 5) is 0. The predicted octanol–water partition coefficient (Wildman–Crippen LogP) is 1.35. The molecular formula is C13H21NO3. The number of hydrogen-bond acceptors (Lipinski definition) is 4. The lowest BCUT2D eigenvalue weighted by atomic mass is 10.1. The molecule has 0 heterocycles. The molecule has 1 unspecified atom stereocenters. The highest BCUT2D eigenvalue weighted by Gasteiger charge is 2.01. The fourth-order valence-corrected chi connectivity index (χ4v) is 1.40. The van der Waals surface area contributed by atoms with Crippen molar-refractivity contribution in [2.75, 3.05) is 33.5 Å². The highest BCUT2D eigenvalue weighted by molar-refractivity contribution is 5.28. The third-order valence-corrected chi connectivity index (χ3v) is 2.55. The molecule has 0 fully saturated rings. The van der Waals surface area contributed by atoms with E-state index in [2.05, 4.69) is 12.2 Å². The second-order valence-electron chi connectivity index (χ2n) is 3.76. The fourth-order valence-electron chi connectivity index (χ4n) is 1.40. The molecule has 0 radical (unpaired) electrons. The van der Waals surface area contributed by atoms with Gasteiger partial charge in [-0.15, -0.1) is 0 Å². The zero-order valence-corrected chi connectivity index (χ0v) is 10.5. The Morgan fingerprint density at radius 1 is 1.18 bits per heavy atom. The minimum atomic E-state index is 0.0522. The van der Waals surface area contributed by atoms with Crippen molar-refractivity contribution in [3.05, 3.63) is 29.8 Å². The second kappa shape index (κ2) is 8.06. The average molecular weight is 239 g/mol. The SMILES string of the molecule is CNC(C)c1ccc(OCCOCCO)cc1. The van der Waals surface area contributed by atoms with Gasteiger partial charge in [0, 0.05) is 6.04 Å². The Bertz CT molecular complexity index is 300. The van der Waals surface area contributed by atoms with Gasteiger partial charge in [-0.25, -0.2) is 0 Å². The molecule has 0 aromatic heterocycles. The molecule has 1 atom stereocenters. The van der Waals surface area contributed by atoms with Crippen molar-refractivity contribution < 1.29 is 14.6 Å². The van der Waals surface area contributed by atoms with Gasteiger partial charge in [0.15, 0.2) is 0 Å². The maximum Gasteiger partial charge on any atom is 0.119 e. The molecule has 1 aromatic carbocycles. The number of hydrogen-bond donors (Lipinski definition) is 2. The van der Waals surface area contributed by atoms with Gasteiger partial charge in [-0.2, -0.15) is 0 Å². The van der Waals surface area contributed by atoms with Crippen LogP contribution in [0.2, 0.25) is 0 Å². The van der Waals surface area contributed by atoms with Gasteiger partial charge in [0.05, 0.1) is 19.8 Å². The van der Waals surface area contributed by atoms with Crippen LogP contribution in [-0.2, 0) is 4.74 Å². The topological polar surface area (TPSA) is 50.7 Å². The first-order chi connectivity index (χ1) is 8.27. The molecule has 0 aliphatic heterocycles. The van der Waals surface area contributed by atoms with E-state index in [1.165, 1.54) is 5.56 Å². The summed E-state index contributed by atoms with van der Waals surface area (Å²) in [6, 6.07) is 8.34. The second-order valence-corrected chi connectivity index (χ2v) is 3.76. The molecule has 4 nitrogen and oxygen atoms in total. The number of ether oxygens (including phenoxy) is 2. The van der Waals surface area contributed by atoms with Crippen LogP contribution in [0.15, 0.2) is 24.3 Å². The Morgan fingerprint density at radius 2 is 1.88 bits per heavy atom. The zero-order valence-electron chi connectivity index (χ0n) is 10.5. The largest absolute Gasteiger partial charge is 0.491 e. The number of benzene rings is 1. The Hall–Kier alpha value is -1.10. The quantitative estimate of drug-likeness (QED) is 0.672. The van der Waals surface area contributed by atoms with Crippen LogP contribution < -0.4 is 10.1 Å². The van der Waals surface area contributed by atoms with Crippen molar-refractivity contribution in [3.8, 4) is 5.75 Å². The van der Waals surface area contributed by atoms with E-state index in [-0.39, 0.29) is 6.61 Å². The molecule has 96 valence electrons. The third-order valence-electron chi connectivity index (χ3n) is 2.55. The van der Waals surface area contributed by atoms with E-state index in [0.717, 1.165) is 5.75 Å². The average Bonchev–Trinajstić information content (AvgIpc) is 2.38. The molecule has 0 spiro atoms. The molecule has 17 heavy (non-hydrogen) atoms. The highest BCUT2D eigenvalue weighted by atomic mass is 16.5. The smallest absolute Gasteiger partial charge is 0.119 e. The predicted molar refractivity (Wildman–Crippen MR) is 67.3 cm³/mol.